The van der Waals surface area contributed by atoms with Crippen molar-refractivity contribution in [2.24, 2.45) is 0 Å². The number of nitrogens with one attached hydrogen (secondary N) is 1. The number of aromatic hydroxyl groups is 1. The third-order valence-electron chi connectivity index (χ3n) is 3.18. The average Bonchev–Trinajstić information content (AvgIpc) is 2.91. The molecule has 1 heterocycles. The molecule has 0 bridgehead atoms. The van der Waals surface area contributed by atoms with Gasteiger partial charge in [0.2, 0.25) is 5.91 Å². The summed E-state index contributed by atoms with van der Waals surface area (Å²) in [4.78, 5) is 21.6. The molecule has 1 aliphatic rings. The summed E-state index contributed by atoms with van der Waals surface area (Å²) in [7, 11) is 0. The van der Waals surface area contributed by atoms with Crippen LogP contribution in [0.2, 0.25) is 0 Å². The molecule has 0 saturated carbocycles. The fraction of sp³-hybridized carbons (Fsp3) is 0.462. The van der Waals surface area contributed by atoms with Gasteiger partial charge in [-0.3, -0.25) is 14.9 Å². The van der Waals surface area contributed by atoms with Gasteiger partial charge in [-0.15, -0.1) is 0 Å². The fourth-order valence-electron chi connectivity index (χ4n) is 2.12. The number of amides is 1. The number of nitrogens with zero attached hydrogens (tertiary/aromatic N) is 1. The van der Waals surface area contributed by atoms with Gasteiger partial charge in [0.25, 0.3) is 5.69 Å². The molecule has 20 heavy (non-hydrogen) atoms. The summed E-state index contributed by atoms with van der Waals surface area (Å²) in [6.07, 6.45) is 3.05. The smallest absolute Gasteiger partial charge is 0.273 e. The molecule has 0 spiro atoms. The van der Waals surface area contributed by atoms with Crippen LogP contribution in [0.4, 0.5) is 11.4 Å². The van der Waals surface area contributed by atoms with Gasteiger partial charge < -0.3 is 15.2 Å². The molecule has 7 nitrogen and oxygen atoms in total. The second kappa shape index (κ2) is 6.33. The van der Waals surface area contributed by atoms with Crippen LogP contribution < -0.4 is 5.32 Å². The molecule has 0 aromatic heterocycles. The molecule has 1 atom stereocenters. The van der Waals surface area contributed by atoms with Crippen LogP contribution in [0, 0.1) is 10.1 Å². The van der Waals surface area contributed by atoms with Gasteiger partial charge in [0.15, 0.2) is 0 Å². The van der Waals surface area contributed by atoms with E-state index >= 15 is 0 Å². The predicted octanol–water partition coefficient (Wildman–Crippen LogP) is 2.20. The van der Waals surface area contributed by atoms with Crippen molar-refractivity contribution in [3.63, 3.8) is 0 Å². The number of nitro groups is 1. The Bertz CT molecular complexity index is 511. The van der Waals surface area contributed by atoms with Crippen molar-refractivity contribution in [1.82, 2.24) is 0 Å². The maximum atomic E-state index is 11.7. The highest BCUT2D eigenvalue weighted by atomic mass is 16.6. The molecular weight excluding hydrogens is 264 g/mol. The Morgan fingerprint density at radius 2 is 2.35 bits per heavy atom. The monoisotopic (exact) mass is 280 g/mol. The maximum absolute atomic E-state index is 11.7. The Morgan fingerprint density at radius 3 is 2.95 bits per heavy atom. The molecule has 1 saturated heterocycles. The van der Waals surface area contributed by atoms with Crippen molar-refractivity contribution in [1.29, 1.82) is 0 Å². The summed E-state index contributed by atoms with van der Waals surface area (Å²) < 4.78 is 5.42. The molecule has 2 rings (SSSR count). The molecule has 0 aliphatic carbocycles. The highest BCUT2D eigenvalue weighted by molar-refractivity contribution is 5.92. The van der Waals surface area contributed by atoms with E-state index in [9.17, 15) is 20.0 Å². The zero-order valence-electron chi connectivity index (χ0n) is 10.9. The molecular formula is C13H16N2O5. The number of ether oxygens (including phenoxy) is 1. The number of phenols is 1. The van der Waals surface area contributed by atoms with Crippen LogP contribution in [0.5, 0.6) is 5.75 Å². The lowest BCUT2D eigenvalue weighted by atomic mass is 10.1. The second-order valence-electron chi connectivity index (χ2n) is 4.68. The van der Waals surface area contributed by atoms with E-state index < -0.39 is 4.92 Å². The van der Waals surface area contributed by atoms with Crippen molar-refractivity contribution < 1.29 is 19.6 Å². The quantitative estimate of drug-likeness (QED) is 0.489. The molecule has 1 unspecified atom stereocenters. The maximum Gasteiger partial charge on any atom is 0.273 e. The van der Waals surface area contributed by atoms with E-state index in [0.717, 1.165) is 25.5 Å². The lowest BCUT2D eigenvalue weighted by Gasteiger charge is -2.10. The number of hydrogen-bond acceptors (Lipinski definition) is 5. The van der Waals surface area contributed by atoms with Crippen molar-refractivity contribution in [3.05, 3.63) is 28.3 Å². The Balaban J connectivity index is 1.88. The Labute approximate surface area is 115 Å². The van der Waals surface area contributed by atoms with Crippen molar-refractivity contribution in [2.75, 3.05) is 11.9 Å². The largest absolute Gasteiger partial charge is 0.506 e. The van der Waals surface area contributed by atoms with Gasteiger partial charge in [-0.1, -0.05) is 0 Å². The number of hydrogen-bond donors (Lipinski definition) is 2. The topological polar surface area (TPSA) is 102 Å². The first-order valence-corrected chi connectivity index (χ1v) is 6.45. The Kier molecular flexibility index (Phi) is 4.52. The predicted molar refractivity (Wildman–Crippen MR) is 71.6 cm³/mol. The zero-order chi connectivity index (χ0) is 14.5. The molecule has 0 radical (unpaired) electrons. The van der Waals surface area contributed by atoms with Crippen LogP contribution in [0.3, 0.4) is 0 Å². The number of carbonyl (C=O) groups excluding carboxylic acids is 1. The first kappa shape index (κ1) is 14.3. The van der Waals surface area contributed by atoms with Crippen molar-refractivity contribution >= 4 is 17.3 Å². The summed E-state index contributed by atoms with van der Waals surface area (Å²) >= 11 is 0. The van der Waals surface area contributed by atoms with Crippen LogP contribution in [0.15, 0.2) is 18.2 Å². The van der Waals surface area contributed by atoms with Gasteiger partial charge in [0.1, 0.15) is 5.75 Å². The van der Waals surface area contributed by atoms with Crippen LogP contribution in [0.1, 0.15) is 25.7 Å². The number of phenolic OH excluding ortho intramolecular Hbond substituents is 1. The summed E-state index contributed by atoms with van der Waals surface area (Å²) in [5.74, 6) is -0.561. The normalized spacial score (nSPS) is 17.9. The second-order valence-corrected chi connectivity index (χ2v) is 4.68. The Morgan fingerprint density at radius 1 is 1.55 bits per heavy atom. The molecule has 1 fully saturated rings. The van der Waals surface area contributed by atoms with Crippen LogP contribution in [-0.4, -0.2) is 28.6 Å². The van der Waals surface area contributed by atoms with Gasteiger partial charge in [0.05, 0.1) is 22.8 Å². The molecule has 1 aromatic rings. The van der Waals surface area contributed by atoms with E-state index in [-0.39, 0.29) is 29.1 Å². The number of rotatable bonds is 5. The summed E-state index contributed by atoms with van der Waals surface area (Å²) in [5, 5.41) is 22.7. The minimum absolute atomic E-state index is 0.131. The highest BCUT2D eigenvalue weighted by Crippen LogP contribution is 2.28. The lowest BCUT2D eigenvalue weighted by Crippen LogP contribution is -2.15. The third kappa shape index (κ3) is 3.67. The number of anilines is 1. The zero-order valence-corrected chi connectivity index (χ0v) is 10.9. The summed E-state index contributed by atoms with van der Waals surface area (Å²) in [6.45, 7) is 0.745. The van der Waals surface area contributed by atoms with E-state index in [2.05, 4.69) is 5.32 Å². The van der Waals surface area contributed by atoms with Gasteiger partial charge in [-0.2, -0.15) is 0 Å². The van der Waals surface area contributed by atoms with Gasteiger partial charge in [0, 0.05) is 19.1 Å². The molecule has 108 valence electrons. The molecule has 1 amide bonds. The van der Waals surface area contributed by atoms with E-state index in [1.165, 1.54) is 12.1 Å². The molecule has 1 aliphatic heterocycles. The lowest BCUT2D eigenvalue weighted by molar-refractivity contribution is -0.384. The standard InChI is InChI=1S/C13H16N2O5/c16-12-8-9(15(18)19)3-5-11(12)14-13(17)6-4-10-2-1-7-20-10/h3,5,8,10,16H,1-2,4,6-7H2,(H,14,17). The van der Waals surface area contributed by atoms with E-state index in [4.69, 9.17) is 4.74 Å². The van der Waals surface area contributed by atoms with E-state index in [0.29, 0.717) is 12.8 Å². The number of nitro benzene ring substituents is 1. The number of non-ortho nitro benzene ring substituents is 1. The average molecular weight is 280 g/mol. The molecule has 1 aromatic carbocycles. The van der Waals surface area contributed by atoms with Crippen LogP contribution in [0.25, 0.3) is 0 Å². The van der Waals surface area contributed by atoms with Crippen LogP contribution >= 0.6 is 0 Å². The van der Waals surface area contributed by atoms with Crippen molar-refractivity contribution in [2.45, 2.75) is 31.8 Å². The van der Waals surface area contributed by atoms with Crippen molar-refractivity contribution in [3.8, 4) is 5.75 Å². The van der Waals surface area contributed by atoms with Gasteiger partial charge in [-0.05, 0) is 25.3 Å². The highest BCUT2D eigenvalue weighted by Gasteiger charge is 2.17. The fourth-order valence-corrected chi connectivity index (χ4v) is 2.12. The summed E-state index contributed by atoms with van der Waals surface area (Å²) in [6, 6.07) is 3.56. The third-order valence-corrected chi connectivity index (χ3v) is 3.18. The van der Waals surface area contributed by atoms with E-state index in [1.54, 1.807) is 0 Å². The van der Waals surface area contributed by atoms with Crippen LogP contribution in [-0.2, 0) is 9.53 Å². The summed E-state index contributed by atoms with van der Waals surface area (Å²) in [5.41, 5.74) is -0.0483. The van der Waals surface area contributed by atoms with E-state index in [1.807, 2.05) is 0 Å². The minimum Gasteiger partial charge on any atom is -0.506 e. The van der Waals surface area contributed by atoms with Gasteiger partial charge >= 0.3 is 0 Å². The minimum atomic E-state index is -0.608. The molecule has 7 heteroatoms. The van der Waals surface area contributed by atoms with Gasteiger partial charge in [-0.25, -0.2) is 0 Å². The molecule has 2 N–H and O–H groups in total. The Hall–Kier alpha value is -2.15. The SMILES string of the molecule is O=C(CCC1CCCO1)Nc1ccc([N+](=O)[O-])cc1O. The number of benzene rings is 1. The number of carbonyl (C=O) groups is 1. The first-order chi connectivity index (χ1) is 9.56. The first-order valence-electron chi connectivity index (χ1n) is 6.45.